The fourth-order valence-electron chi connectivity index (χ4n) is 2.20. The molecule has 1 aliphatic rings. The fourth-order valence-corrected chi connectivity index (χ4v) is 3.46. The average molecular weight is 235 g/mol. The normalized spacial score (nSPS) is 26.9. The maximum atomic E-state index is 3.66. The molecule has 0 aromatic heterocycles. The minimum absolute atomic E-state index is 0.458. The first-order chi connectivity index (χ1) is 7.70. The van der Waals surface area contributed by atoms with Crippen LogP contribution in [0.2, 0.25) is 0 Å². The molecule has 0 bridgehead atoms. The molecule has 0 aliphatic carbocycles. The number of benzene rings is 1. The average Bonchev–Trinajstić information content (AvgIpc) is 2.75. The Balaban J connectivity index is 1.86. The molecule has 1 saturated heterocycles. The topological polar surface area (TPSA) is 12.0 Å². The number of hydrogen-bond donors (Lipinski definition) is 1. The van der Waals surface area contributed by atoms with Crippen LogP contribution >= 0.6 is 11.8 Å². The Morgan fingerprint density at radius 3 is 2.75 bits per heavy atom. The Morgan fingerprint density at radius 2 is 2.12 bits per heavy atom. The fraction of sp³-hybridized carbons (Fsp3) is 0.571. The van der Waals surface area contributed by atoms with Crippen molar-refractivity contribution in [3.63, 3.8) is 0 Å². The summed E-state index contributed by atoms with van der Waals surface area (Å²) in [7, 11) is 0. The summed E-state index contributed by atoms with van der Waals surface area (Å²) in [6, 6.07) is 11.1. The van der Waals surface area contributed by atoms with Crippen LogP contribution in [0.5, 0.6) is 0 Å². The van der Waals surface area contributed by atoms with E-state index < -0.39 is 0 Å². The van der Waals surface area contributed by atoms with Gasteiger partial charge in [-0.05, 0) is 38.0 Å². The van der Waals surface area contributed by atoms with Gasteiger partial charge in [-0.1, -0.05) is 30.3 Å². The van der Waals surface area contributed by atoms with E-state index in [2.05, 4.69) is 61.3 Å². The van der Waals surface area contributed by atoms with Gasteiger partial charge >= 0.3 is 0 Å². The van der Waals surface area contributed by atoms with Crippen LogP contribution < -0.4 is 5.32 Å². The molecule has 0 spiro atoms. The quantitative estimate of drug-likeness (QED) is 0.855. The third kappa shape index (κ3) is 3.02. The first-order valence-corrected chi connectivity index (χ1v) is 7.10. The number of nitrogens with one attached hydrogen (secondary N) is 1. The molecule has 2 heteroatoms. The summed E-state index contributed by atoms with van der Waals surface area (Å²) in [5.41, 5.74) is 1.38. The Hall–Kier alpha value is -0.470. The summed E-state index contributed by atoms with van der Waals surface area (Å²) in [6.45, 7) is 5.75. The van der Waals surface area contributed by atoms with Gasteiger partial charge < -0.3 is 5.32 Å². The monoisotopic (exact) mass is 235 g/mol. The van der Waals surface area contributed by atoms with Crippen LogP contribution in [0.25, 0.3) is 0 Å². The van der Waals surface area contributed by atoms with E-state index in [9.17, 15) is 0 Å². The van der Waals surface area contributed by atoms with Crippen molar-refractivity contribution in [3.8, 4) is 0 Å². The van der Waals surface area contributed by atoms with Crippen molar-refractivity contribution in [2.45, 2.75) is 37.5 Å². The molecule has 16 heavy (non-hydrogen) atoms. The van der Waals surface area contributed by atoms with Crippen molar-refractivity contribution in [2.24, 2.45) is 0 Å². The van der Waals surface area contributed by atoms with E-state index in [1.165, 1.54) is 24.2 Å². The van der Waals surface area contributed by atoms with Crippen LogP contribution in [0.1, 0.15) is 38.3 Å². The van der Waals surface area contributed by atoms with Gasteiger partial charge in [-0.15, -0.1) is 0 Å². The molecule has 1 aliphatic heterocycles. The van der Waals surface area contributed by atoms with E-state index in [-0.39, 0.29) is 0 Å². The van der Waals surface area contributed by atoms with E-state index in [0.717, 1.165) is 6.54 Å². The van der Waals surface area contributed by atoms with Crippen molar-refractivity contribution >= 4 is 11.8 Å². The number of thioether (sulfide) groups is 1. The molecule has 2 unspecified atom stereocenters. The highest BCUT2D eigenvalue weighted by Gasteiger charge is 2.29. The van der Waals surface area contributed by atoms with Crippen LogP contribution in [0, 0.1) is 0 Å². The minimum Gasteiger partial charge on any atom is -0.309 e. The SMILES string of the molecule is CC(NCC1(C)CCCS1)c1ccccc1. The van der Waals surface area contributed by atoms with Crippen molar-refractivity contribution < 1.29 is 0 Å². The lowest BCUT2D eigenvalue weighted by atomic mass is 10.0. The van der Waals surface area contributed by atoms with Gasteiger partial charge in [0.2, 0.25) is 0 Å². The number of rotatable bonds is 4. The molecule has 0 amide bonds. The van der Waals surface area contributed by atoms with Gasteiger partial charge in [0.05, 0.1) is 0 Å². The van der Waals surface area contributed by atoms with Crippen LogP contribution in [0.3, 0.4) is 0 Å². The van der Waals surface area contributed by atoms with E-state index in [0.29, 0.717) is 10.8 Å². The molecular weight excluding hydrogens is 214 g/mol. The Bertz CT molecular complexity index is 317. The van der Waals surface area contributed by atoms with Crippen LogP contribution in [-0.2, 0) is 0 Å². The number of hydrogen-bond acceptors (Lipinski definition) is 2. The Labute approximate surface area is 103 Å². The molecule has 0 saturated carbocycles. The standard InChI is InChI=1S/C14H21NS/c1-12(13-7-4-3-5-8-13)15-11-14(2)9-6-10-16-14/h3-5,7-8,12,15H,6,9-11H2,1-2H3. The second-order valence-corrected chi connectivity index (χ2v) is 6.60. The molecule has 1 N–H and O–H groups in total. The summed E-state index contributed by atoms with van der Waals surface area (Å²) in [4.78, 5) is 0. The second-order valence-electron chi connectivity index (χ2n) is 4.92. The van der Waals surface area contributed by atoms with Crippen LogP contribution in [-0.4, -0.2) is 17.0 Å². The first-order valence-electron chi connectivity index (χ1n) is 6.12. The lowest BCUT2D eigenvalue weighted by Crippen LogP contribution is -2.34. The van der Waals surface area contributed by atoms with E-state index >= 15 is 0 Å². The van der Waals surface area contributed by atoms with E-state index in [1.54, 1.807) is 0 Å². The highest BCUT2D eigenvalue weighted by atomic mass is 32.2. The first kappa shape index (κ1) is 12.0. The largest absolute Gasteiger partial charge is 0.309 e. The third-order valence-electron chi connectivity index (χ3n) is 3.38. The Morgan fingerprint density at radius 1 is 1.38 bits per heavy atom. The molecule has 2 atom stereocenters. The molecule has 2 rings (SSSR count). The molecule has 1 fully saturated rings. The van der Waals surface area contributed by atoms with Crippen LogP contribution in [0.15, 0.2) is 30.3 Å². The van der Waals surface area contributed by atoms with Crippen molar-refractivity contribution in [3.05, 3.63) is 35.9 Å². The van der Waals surface area contributed by atoms with E-state index in [4.69, 9.17) is 0 Å². The third-order valence-corrected chi connectivity index (χ3v) is 4.92. The smallest absolute Gasteiger partial charge is 0.0292 e. The van der Waals surface area contributed by atoms with Gasteiger partial charge in [0.1, 0.15) is 0 Å². The molecule has 1 nitrogen and oxygen atoms in total. The van der Waals surface area contributed by atoms with Gasteiger partial charge in [-0.2, -0.15) is 11.8 Å². The summed E-state index contributed by atoms with van der Waals surface area (Å²) in [5, 5.41) is 3.66. The van der Waals surface area contributed by atoms with Gasteiger partial charge in [0.15, 0.2) is 0 Å². The molecular formula is C14H21NS. The molecule has 1 aromatic carbocycles. The maximum Gasteiger partial charge on any atom is 0.0292 e. The highest BCUT2D eigenvalue weighted by Crippen LogP contribution is 2.37. The molecule has 0 radical (unpaired) electrons. The predicted molar refractivity (Wildman–Crippen MR) is 73.0 cm³/mol. The van der Waals surface area contributed by atoms with E-state index in [1.807, 2.05) is 0 Å². The lowest BCUT2D eigenvalue weighted by Gasteiger charge is -2.25. The molecule has 1 heterocycles. The molecule has 88 valence electrons. The van der Waals surface area contributed by atoms with Crippen molar-refractivity contribution in [1.29, 1.82) is 0 Å². The van der Waals surface area contributed by atoms with Gasteiger partial charge in [0, 0.05) is 17.3 Å². The summed E-state index contributed by atoms with van der Waals surface area (Å²) < 4.78 is 0.461. The zero-order chi connectivity index (χ0) is 11.4. The minimum atomic E-state index is 0.458. The maximum absolute atomic E-state index is 3.66. The van der Waals surface area contributed by atoms with Crippen LogP contribution in [0.4, 0.5) is 0 Å². The van der Waals surface area contributed by atoms with Gasteiger partial charge in [0.25, 0.3) is 0 Å². The Kier molecular flexibility index (Phi) is 3.93. The van der Waals surface area contributed by atoms with Gasteiger partial charge in [-0.25, -0.2) is 0 Å². The second kappa shape index (κ2) is 5.24. The zero-order valence-corrected chi connectivity index (χ0v) is 11.0. The zero-order valence-electron chi connectivity index (χ0n) is 10.2. The van der Waals surface area contributed by atoms with Gasteiger partial charge in [-0.3, -0.25) is 0 Å². The van der Waals surface area contributed by atoms with Crippen molar-refractivity contribution in [1.82, 2.24) is 5.32 Å². The lowest BCUT2D eigenvalue weighted by molar-refractivity contribution is 0.490. The predicted octanol–water partition coefficient (Wildman–Crippen LogP) is 3.62. The highest BCUT2D eigenvalue weighted by molar-refractivity contribution is 8.00. The summed E-state index contributed by atoms with van der Waals surface area (Å²) in [5.74, 6) is 1.33. The summed E-state index contributed by atoms with van der Waals surface area (Å²) >= 11 is 2.12. The summed E-state index contributed by atoms with van der Waals surface area (Å²) in [6.07, 6.45) is 2.73. The molecule has 1 aromatic rings. The van der Waals surface area contributed by atoms with Crippen molar-refractivity contribution in [2.75, 3.05) is 12.3 Å².